The van der Waals surface area contributed by atoms with Crippen molar-refractivity contribution in [2.75, 3.05) is 0 Å². The van der Waals surface area contributed by atoms with E-state index in [-0.39, 0.29) is 28.0 Å². The monoisotopic (exact) mass is 1440 g/mol. The summed E-state index contributed by atoms with van der Waals surface area (Å²) in [5, 5.41) is 10.7. The van der Waals surface area contributed by atoms with Crippen molar-refractivity contribution in [2.24, 2.45) is 41.4 Å². The largest absolute Gasteiger partial charge is 0.488 e. The molecule has 7 saturated carbocycles. The van der Waals surface area contributed by atoms with Crippen molar-refractivity contribution in [3.8, 4) is 28.7 Å². The van der Waals surface area contributed by atoms with E-state index in [1.54, 1.807) is 0 Å². The predicted molar refractivity (Wildman–Crippen MR) is 413 cm³/mol. The molecule has 96 heavy (non-hydrogen) atoms. The van der Waals surface area contributed by atoms with Crippen LogP contribution in [0.4, 0.5) is 0 Å². The van der Waals surface area contributed by atoms with Crippen molar-refractivity contribution in [3.05, 3.63) is 144 Å². The maximum atomic E-state index is 10.7. The molecule has 8 heteroatoms. The van der Waals surface area contributed by atoms with Gasteiger partial charge in [0, 0.05) is 5.56 Å². The summed E-state index contributed by atoms with van der Waals surface area (Å²) in [4.78, 5) is 0. The molecule has 7 fully saturated rings. The van der Waals surface area contributed by atoms with Gasteiger partial charge in [-0.25, -0.2) is 0 Å². The van der Waals surface area contributed by atoms with Gasteiger partial charge in [0.2, 0.25) is 0 Å². The number of para-hydroxylation sites is 5. The molecular weight excluding hydrogens is 1310 g/mol. The van der Waals surface area contributed by atoms with Gasteiger partial charge in [0.15, 0.2) is 0 Å². The highest BCUT2D eigenvalue weighted by Crippen LogP contribution is 2.55. The Bertz CT molecular complexity index is 3140. The Hall–Kier alpha value is -3.98. The third-order valence-corrected chi connectivity index (χ3v) is 21.9. The van der Waals surface area contributed by atoms with Crippen LogP contribution in [0.5, 0.6) is 28.7 Å². The summed E-state index contributed by atoms with van der Waals surface area (Å²) in [5.74, 6) is 15.2. The zero-order valence-corrected chi connectivity index (χ0v) is 67.6. The van der Waals surface area contributed by atoms with E-state index in [1.807, 2.05) is 45.9 Å². The summed E-state index contributed by atoms with van der Waals surface area (Å²) in [6.07, 6.45) is 18.8. The Labute approximate surface area is 602 Å². The summed E-state index contributed by atoms with van der Waals surface area (Å²) in [7, 11) is 0. The molecule has 0 heterocycles. The standard InChI is InChI=1S/2C20H30O.C18H28O.C15H21BrO2.C15H21BrO/c2*1-13(15-9-10-15)17-7-6-8-18(14(2)16-11-12-16)19(17)21-20(3,4)5;1-12(2)15-8-7-9-16(13(3)14-10-11-14)17(15)19-18(4,5)6;1-14(2,3)18-13-11(6-5-7-12(13)16)15(4,17)10-8-9-10;1-10(11-8-9-11)12-6-5-7-13(16)14(12)17-15(2,3)4/h2*6-8,13-16H,9-12H2,1-5H3;7-9,12-14H,10-11H2,1-6H3;5-7,10,17H,8-9H2,1-4H3;5-7,10-11H,8-9H2,1-4H3/t2*13-,14-;;;/m10.../s1. The summed E-state index contributed by atoms with van der Waals surface area (Å²) in [6, 6.07) is 32.6. The lowest BCUT2D eigenvalue weighted by Crippen LogP contribution is -2.29. The van der Waals surface area contributed by atoms with Crippen LogP contribution < -0.4 is 23.7 Å². The molecule has 5 aromatic rings. The molecule has 7 atom stereocenters. The molecule has 0 aliphatic heterocycles. The Kier molecular flexibility index (Phi) is 25.5. The van der Waals surface area contributed by atoms with E-state index in [1.165, 1.54) is 127 Å². The second-order valence-electron chi connectivity index (χ2n) is 36.0. The molecule has 0 spiro atoms. The minimum Gasteiger partial charge on any atom is -0.488 e. The lowest BCUT2D eigenvalue weighted by Gasteiger charge is -2.30. The van der Waals surface area contributed by atoms with Crippen LogP contribution in [0.25, 0.3) is 0 Å². The number of ether oxygens (including phenoxy) is 5. The molecule has 7 aliphatic carbocycles. The van der Waals surface area contributed by atoms with Crippen LogP contribution in [0.2, 0.25) is 0 Å². The Balaban J connectivity index is 0.000000154. The zero-order chi connectivity index (χ0) is 70.8. The van der Waals surface area contributed by atoms with Crippen LogP contribution in [-0.2, 0) is 5.60 Å². The molecule has 1 N–H and O–H groups in total. The predicted octanol–water partition coefficient (Wildman–Crippen LogP) is 26.7. The highest BCUT2D eigenvalue weighted by atomic mass is 79.9. The number of halogens is 2. The fourth-order valence-corrected chi connectivity index (χ4v) is 14.7. The van der Waals surface area contributed by atoms with Gasteiger partial charge in [-0.15, -0.1) is 0 Å². The smallest absolute Gasteiger partial charge is 0.140 e. The van der Waals surface area contributed by atoms with E-state index < -0.39 is 5.60 Å². The minimum absolute atomic E-state index is 0.128. The molecule has 0 aromatic heterocycles. The number of hydrogen-bond donors (Lipinski definition) is 1. The van der Waals surface area contributed by atoms with Gasteiger partial charge in [-0.05, 0) is 366 Å². The summed E-state index contributed by atoms with van der Waals surface area (Å²) in [6.45, 7) is 52.3. The van der Waals surface area contributed by atoms with Gasteiger partial charge in [0.25, 0.3) is 0 Å². The lowest BCUT2D eigenvalue weighted by atomic mass is 9.88. The maximum absolute atomic E-state index is 10.7. The molecule has 0 amide bonds. The summed E-state index contributed by atoms with van der Waals surface area (Å²) in [5.41, 5.74) is 9.13. The van der Waals surface area contributed by atoms with Crippen LogP contribution in [0.3, 0.4) is 0 Å². The van der Waals surface area contributed by atoms with Gasteiger partial charge in [0.05, 0.1) is 14.5 Å². The van der Waals surface area contributed by atoms with Crippen LogP contribution in [0, 0.1) is 41.4 Å². The van der Waals surface area contributed by atoms with Crippen molar-refractivity contribution in [1.82, 2.24) is 0 Å². The summed E-state index contributed by atoms with van der Waals surface area (Å²) >= 11 is 7.14. The van der Waals surface area contributed by atoms with E-state index in [0.29, 0.717) is 47.3 Å². The molecular formula is C88H130Br2O6. The van der Waals surface area contributed by atoms with Crippen LogP contribution in [-0.4, -0.2) is 33.1 Å². The Morgan fingerprint density at radius 3 is 0.750 bits per heavy atom. The molecule has 6 nitrogen and oxygen atoms in total. The molecule has 7 aliphatic rings. The first-order valence-corrected chi connectivity index (χ1v) is 39.3. The average Bonchev–Trinajstić information content (AvgIpc) is 1.54. The fraction of sp³-hybridized carbons (Fsp3) is 0.659. The van der Waals surface area contributed by atoms with Gasteiger partial charge in [-0.2, -0.15) is 0 Å². The molecule has 12 rings (SSSR count). The topological polar surface area (TPSA) is 66.4 Å². The van der Waals surface area contributed by atoms with Crippen molar-refractivity contribution >= 4 is 31.9 Å². The Morgan fingerprint density at radius 2 is 0.500 bits per heavy atom. The third kappa shape index (κ3) is 23.0. The second-order valence-corrected chi connectivity index (χ2v) is 37.7. The molecule has 0 radical (unpaired) electrons. The number of hydrogen-bond acceptors (Lipinski definition) is 6. The highest BCUT2D eigenvalue weighted by molar-refractivity contribution is 9.11. The first-order valence-electron chi connectivity index (χ1n) is 37.8. The van der Waals surface area contributed by atoms with E-state index >= 15 is 0 Å². The molecule has 5 aromatic carbocycles. The molecule has 0 bridgehead atoms. The SMILES string of the molecule is CC(C)(C)Oc1c(Br)cccc1C(C)(O)C1CC1.CC(C)c1cccc(C(C)C2CC2)c1OC(C)(C)C.CC(c1cccc(Br)c1OC(C)(C)C)C1CC1.C[C@@H](c1cccc([C@H](C)C2CC2)c1OC(C)(C)C)C1CC1.C[C@H](c1cccc([C@@H](C)C2CC2)c1OC(C)(C)C)C1CC1. The first-order chi connectivity index (χ1) is 44.6. The number of rotatable bonds is 20. The van der Waals surface area contributed by atoms with Gasteiger partial charge >= 0.3 is 0 Å². The van der Waals surface area contributed by atoms with Crippen LogP contribution >= 0.6 is 31.9 Å². The Morgan fingerprint density at radius 1 is 0.292 bits per heavy atom. The van der Waals surface area contributed by atoms with Gasteiger partial charge in [-0.1, -0.05) is 134 Å². The molecule has 3 unspecified atom stereocenters. The zero-order valence-electron chi connectivity index (χ0n) is 64.4. The van der Waals surface area contributed by atoms with E-state index in [2.05, 4.69) is 243 Å². The molecule has 532 valence electrons. The van der Waals surface area contributed by atoms with E-state index in [9.17, 15) is 5.11 Å². The van der Waals surface area contributed by atoms with E-state index in [0.717, 1.165) is 80.1 Å². The molecule has 0 saturated heterocycles. The normalized spacial score (nSPS) is 19.9. The first kappa shape index (κ1) is 77.8. The van der Waals surface area contributed by atoms with Gasteiger partial charge < -0.3 is 28.8 Å². The van der Waals surface area contributed by atoms with Crippen molar-refractivity contribution < 1.29 is 28.8 Å². The fourth-order valence-electron chi connectivity index (χ4n) is 13.8. The minimum atomic E-state index is -0.801. The summed E-state index contributed by atoms with van der Waals surface area (Å²) < 4.78 is 33.4. The number of benzene rings is 5. The second kappa shape index (κ2) is 31.5. The van der Waals surface area contributed by atoms with Gasteiger partial charge in [0.1, 0.15) is 56.8 Å². The average molecular weight is 1440 g/mol. The van der Waals surface area contributed by atoms with E-state index in [4.69, 9.17) is 23.7 Å². The highest BCUT2D eigenvalue weighted by Gasteiger charge is 2.44. The van der Waals surface area contributed by atoms with Gasteiger partial charge in [-0.3, -0.25) is 0 Å². The third-order valence-electron chi connectivity index (χ3n) is 20.7. The number of aliphatic hydroxyl groups is 1. The van der Waals surface area contributed by atoms with Crippen molar-refractivity contribution in [3.63, 3.8) is 0 Å². The lowest BCUT2D eigenvalue weighted by molar-refractivity contribution is 0.0255. The van der Waals surface area contributed by atoms with Crippen LogP contribution in [0.1, 0.15) is 342 Å². The maximum Gasteiger partial charge on any atom is 0.140 e. The quantitative estimate of drug-likeness (QED) is 0.0838. The van der Waals surface area contributed by atoms with Crippen molar-refractivity contribution in [1.29, 1.82) is 0 Å². The van der Waals surface area contributed by atoms with Crippen molar-refractivity contribution in [2.45, 2.75) is 331 Å². The van der Waals surface area contributed by atoms with Crippen LogP contribution in [0.15, 0.2) is 99.9 Å².